The summed E-state index contributed by atoms with van der Waals surface area (Å²) in [5, 5.41) is 3.70. The standard InChI is InChI=1S/C18H16BrN3OS/c1-12-16(17(23)21-14-8-6-7-13(19)11-14)24-18(20-12)22(2)15-9-4-3-5-10-15/h3-11H,1-2H3,(H,21,23). The largest absolute Gasteiger partial charge is 0.321 e. The number of rotatable bonds is 4. The summed E-state index contributed by atoms with van der Waals surface area (Å²) in [6.07, 6.45) is 0. The molecule has 122 valence electrons. The van der Waals surface area contributed by atoms with Crippen molar-refractivity contribution in [2.24, 2.45) is 0 Å². The molecular formula is C18H16BrN3OS. The van der Waals surface area contributed by atoms with Gasteiger partial charge in [-0.25, -0.2) is 4.98 Å². The smallest absolute Gasteiger partial charge is 0.267 e. The molecule has 0 radical (unpaired) electrons. The summed E-state index contributed by atoms with van der Waals surface area (Å²) >= 11 is 4.79. The van der Waals surface area contributed by atoms with Crippen molar-refractivity contribution in [3.05, 3.63) is 69.6 Å². The molecule has 3 aromatic rings. The maximum atomic E-state index is 12.5. The van der Waals surface area contributed by atoms with Crippen LogP contribution in [0.3, 0.4) is 0 Å². The number of carbonyl (C=O) groups is 1. The van der Waals surface area contributed by atoms with E-state index in [1.165, 1.54) is 11.3 Å². The first-order valence-electron chi connectivity index (χ1n) is 7.38. The van der Waals surface area contributed by atoms with Crippen LogP contribution in [0.2, 0.25) is 0 Å². The van der Waals surface area contributed by atoms with Crippen molar-refractivity contribution in [1.82, 2.24) is 4.98 Å². The predicted octanol–water partition coefficient (Wildman–Crippen LogP) is 5.23. The van der Waals surface area contributed by atoms with Gasteiger partial charge in [-0.3, -0.25) is 4.79 Å². The number of aryl methyl sites for hydroxylation is 1. The molecule has 0 aliphatic heterocycles. The first-order valence-corrected chi connectivity index (χ1v) is 8.98. The molecule has 0 fully saturated rings. The Hall–Kier alpha value is -2.18. The van der Waals surface area contributed by atoms with Gasteiger partial charge in [0.15, 0.2) is 5.13 Å². The Bertz CT molecular complexity index is 864. The number of hydrogen-bond donors (Lipinski definition) is 1. The van der Waals surface area contributed by atoms with Crippen molar-refractivity contribution >= 4 is 49.7 Å². The van der Waals surface area contributed by atoms with E-state index >= 15 is 0 Å². The van der Waals surface area contributed by atoms with E-state index in [9.17, 15) is 4.79 Å². The SMILES string of the molecule is Cc1nc(N(C)c2ccccc2)sc1C(=O)Nc1cccc(Br)c1. The molecule has 0 bridgehead atoms. The maximum absolute atomic E-state index is 12.5. The van der Waals surface area contributed by atoms with Crippen LogP contribution < -0.4 is 10.2 Å². The van der Waals surface area contributed by atoms with Gasteiger partial charge in [-0.1, -0.05) is 51.5 Å². The number of hydrogen-bond acceptors (Lipinski definition) is 4. The Morgan fingerprint density at radius 1 is 1.17 bits per heavy atom. The van der Waals surface area contributed by atoms with Crippen LogP contribution in [0.5, 0.6) is 0 Å². The topological polar surface area (TPSA) is 45.2 Å². The third-order valence-electron chi connectivity index (χ3n) is 3.50. The average molecular weight is 402 g/mol. The molecule has 1 aromatic heterocycles. The van der Waals surface area contributed by atoms with E-state index in [-0.39, 0.29) is 5.91 Å². The molecule has 0 aliphatic rings. The van der Waals surface area contributed by atoms with Gasteiger partial charge in [-0.2, -0.15) is 0 Å². The van der Waals surface area contributed by atoms with Crippen molar-refractivity contribution in [3.63, 3.8) is 0 Å². The number of halogens is 1. The number of aromatic nitrogens is 1. The number of para-hydroxylation sites is 1. The van der Waals surface area contributed by atoms with Crippen molar-refractivity contribution in [3.8, 4) is 0 Å². The summed E-state index contributed by atoms with van der Waals surface area (Å²) < 4.78 is 0.922. The summed E-state index contributed by atoms with van der Waals surface area (Å²) in [4.78, 5) is 19.7. The lowest BCUT2D eigenvalue weighted by Gasteiger charge is -2.15. The van der Waals surface area contributed by atoms with Crippen LogP contribution in [0.1, 0.15) is 15.4 Å². The second-order valence-corrected chi connectivity index (χ2v) is 7.16. The second kappa shape index (κ2) is 7.15. The molecule has 0 atom stereocenters. The third kappa shape index (κ3) is 3.66. The van der Waals surface area contributed by atoms with E-state index in [4.69, 9.17) is 0 Å². The van der Waals surface area contributed by atoms with E-state index < -0.39 is 0 Å². The highest BCUT2D eigenvalue weighted by Crippen LogP contribution is 2.30. The Kier molecular flexibility index (Phi) is 4.97. The molecule has 0 saturated carbocycles. The molecule has 1 amide bonds. The first-order chi connectivity index (χ1) is 11.5. The summed E-state index contributed by atoms with van der Waals surface area (Å²) in [5.41, 5.74) is 2.51. The fraction of sp³-hybridized carbons (Fsp3) is 0.111. The Balaban J connectivity index is 1.82. The van der Waals surface area contributed by atoms with Crippen LogP contribution in [0.4, 0.5) is 16.5 Å². The molecule has 1 heterocycles. The fourth-order valence-electron chi connectivity index (χ4n) is 2.25. The number of carbonyl (C=O) groups excluding carboxylic acids is 1. The predicted molar refractivity (Wildman–Crippen MR) is 103 cm³/mol. The summed E-state index contributed by atoms with van der Waals surface area (Å²) in [6.45, 7) is 1.86. The van der Waals surface area contributed by atoms with Crippen molar-refractivity contribution < 1.29 is 4.79 Å². The van der Waals surface area contributed by atoms with E-state index in [0.29, 0.717) is 4.88 Å². The quantitative estimate of drug-likeness (QED) is 0.650. The van der Waals surface area contributed by atoms with Crippen LogP contribution in [-0.2, 0) is 0 Å². The van der Waals surface area contributed by atoms with E-state index in [0.717, 1.165) is 26.7 Å². The number of anilines is 3. The molecule has 3 rings (SSSR count). The molecule has 0 aliphatic carbocycles. The van der Waals surface area contributed by atoms with Gasteiger partial charge in [0.05, 0.1) is 5.69 Å². The van der Waals surface area contributed by atoms with Crippen molar-refractivity contribution in [2.45, 2.75) is 6.92 Å². The number of thiazole rings is 1. The molecule has 4 nitrogen and oxygen atoms in total. The molecule has 0 unspecified atom stereocenters. The summed E-state index contributed by atoms with van der Waals surface area (Å²) in [6, 6.07) is 17.5. The van der Waals surface area contributed by atoms with E-state index in [1.807, 2.05) is 73.5 Å². The van der Waals surface area contributed by atoms with Gasteiger partial charge in [-0.05, 0) is 37.3 Å². The lowest BCUT2D eigenvalue weighted by atomic mass is 10.3. The van der Waals surface area contributed by atoms with Gasteiger partial charge in [0.25, 0.3) is 5.91 Å². The maximum Gasteiger partial charge on any atom is 0.267 e. The normalized spacial score (nSPS) is 10.5. The Morgan fingerprint density at radius 2 is 1.92 bits per heavy atom. The highest BCUT2D eigenvalue weighted by atomic mass is 79.9. The monoisotopic (exact) mass is 401 g/mol. The number of amides is 1. The Morgan fingerprint density at radius 3 is 2.62 bits per heavy atom. The van der Waals surface area contributed by atoms with Gasteiger partial charge < -0.3 is 10.2 Å². The van der Waals surface area contributed by atoms with Crippen LogP contribution in [-0.4, -0.2) is 17.9 Å². The van der Waals surface area contributed by atoms with Crippen molar-refractivity contribution in [2.75, 3.05) is 17.3 Å². The highest BCUT2D eigenvalue weighted by molar-refractivity contribution is 9.10. The number of nitrogens with one attached hydrogen (secondary N) is 1. The van der Waals surface area contributed by atoms with Crippen LogP contribution in [0, 0.1) is 6.92 Å². The van der Waals surface area contributed by atoms with Gasteiger partial charge >= 0.3 is 0 Å². The zero-order valence-electron chi connectivity index (χ0n) is 13.3. The van der Waals surface area contributed by atoms with Gasteiger partial charge in [0.1, 0.15) is 4.88 Å². The van der Waals surface area contributed by atoms with Crippen LogP contribution in [0.15, 0.2) is 59.1 Å². The van der Waals surface area contributed by atoms with Gasteiger partial charge in [0.2, 0.25) is 0 Å². The van der Waals surface area contributed by atoms with E-state index in [1.54, 1.807) is 0 Å². The Labute approximate surface area is 153 Å². The fourth-order valence-corrected chi connectivity index (χ4v) is 3.60. The lowest BCUT2D eigenvalue weighted by molar-refractivity contribution is 0.103. The zero-order chi connectivity index (χ0) is 17.1. The molecule has 6 heteroatoms. The lowest BCUT2D eigenvalue weighted by Crippen LogP contribution is -2.11. The minimum Gasteiger partial charge on any atom is -0.321 e. The zero-order valence-corrected chi connectivity index (χ0v) is 15.7. The minimum absolute atomic E-state index is 0.143. The minimum atomic E-state index is -0.143. The summed E-state index contributed by atoms with van der Waals surface area (Å²) in [5.74, 6) is -0.143. The molecular weight excluding hydrogens is 386 g/mol. The first kappa shape index (κ1) is 16.7. The van der Waals surface area contributed by atoms with Gasteiger partial charge in [-0.15, -0.1) is 0 Å². The average Bonchev–Trinajstić information content (AvgIpc) is 2.97. The highest BCUT2D eigenvalue weighted by Gasteiger charge is 2.18. The molecule has 2 aromatic carbocycles. The van der Waals surface area contributed by atoms with Crippen LogP contribution >= 0.6 is 27.3 Å². The molecule has 1 N–H and O–H groups in total. The number of nitrogens with zero attached hydrogens (tertiary/aromatic N) is 2. The van der Waals surface area contributed by atoms with Crippen LogP contribution in [0.25, 0.3) is 0 Å². The third-order valence-corrected chi connectivity index (χ3v) is 5.23. The molecule has 24 heavy (non-hydrogen) atoms. The number of benzene rings is 2. The molecule has 0 spiro atoms. The summed E-state index contributed by atoms with van der Waals surface area (Å²) in [7, 11) is 1.95. The van der Waals surface area contributed by atoms with Crippen molar-refractivity contribution in [1.29, 1.82) is 0 Å². The van der Waals surface area contributed by atoms with E-state index in [2.05, 4.69) is 26.2 Å². The molecule has 0 saturated heterocycles. The van der Waals surface area contributed by atoms with Gasteiger partial charge in [0, 0.05) is 22.9 Å². The second-order valence-electron chi connectivity index (χ2n) is 5.27.